The highest BCUT2D eigenvalue weighted by Gasteiger charge is 2.51. The first-order valence-electron chi connectivity index (χ1n) is 15.6. The Bertz CT molecular complexity index is 1740. The second-order valence-corrected chi connectivity index (χ2v) is 15.5. The number of phosphoric acid groups is 1. The lowest BCUT2D eigenvalue weighted by Gasteiger charge is -2.28. The summed E-state index contributed by atoms with van der Waals surface area (Å²) >= 11 is 4.59. The number of aromatic nitrogens is 6. The molecule has 0 bridgehead atoms. The fraction of sp³-hybridized carbons (Fsp3) is 0.679. The van der Waals surface area contributed by atoms with Crippen molar-refractivity contribution in [2.75, 3.05) is 61.0 Å². The van der Waals surface area contributed by atoms with E-state index in [9.17, 15) is 24.0 Å². The van der Waals surface area contributed by atoms with Crippen LogP contribution in [0.5, 0.6) is 0 Å². The summed E-state index contributed by atoms with van der Waals surface area (Å²) in [5, 5.41) is 0. The summed E-state index contributed by atoms with van der Waals surface area (Å²) in [7, 11) is -0.603. The maximum absolute atomic E-state index is 13.6. The molecule has 20 nitrogen and oxygen atoms in total. The average molecular weight is 783 g/mol. The van der Waals surface area contributed by atoms with Crippen LogP contribution in [-0.2, 0) is 58.4 Å². The normalized spacial score (nSPS) is 22.0. The van der Waals surface area contributed by atoms with Crippen LogP contribution >= 0.6 is 14.5 Å². The molecule has 1 saturated heterocycles. The van der Waals surface area contributed by atoms with Gasteiger partial charge >= 0.3 is 20.2 Å². The summed E-state index contributed by atoms with van der Waals surface area (Å²) in [5.74, 6) is 0. The molecule has 7 atom stereocenters. The first kappa shape index (κ1) is 41.6. The highest BCUT2D eigenvalue weighted by Crippen LogP contribution is 2.50. The predicted molar refractivity (Wildman–Crippen MR) is 181 cm³/mol. The minimum absolute atomic E-state index is 0.0420. The number of fused-ring (bicyclic) bond motifs is 1. The third-order valence-corrected chi connectivity index (χ3v) is 9.66. The van der Waals surface area contributed by atoms with Crippen LogP contribution < -0.4 is 5.69 Å². The van der Waals surface area contributed by atoms with E-state index < -0.39 is 70.3 Å². The number of nitrogens with zero attached hydrogens (tertiary/aromatic N) is 6. The highest BCUT2D eigenvalue weighted by atomic mass is 32.5. The summed E-state index contributed by atoms with van der Waals surface area (Å²) in [6, 6.07) is 0. The van der Waals surface area contributed by atoms with Crippen molar-refractivity contribution in [2.45, 2.75) is 64.1 Å². The van der Waals surface area contributed by atoms with Gasteiger partial charge in [-0.2, -0.15) is 4.98 Å². The molecule has 0 aliphatic carbocycles. The second-order valence-electron chi connectivity index (χ2n) is 11.4. The first-order valence-corrected chi connectivity index (χ1v) is 19.8. The van der Waals surface area contributed by atoms with Gasteiger partial charge in [-0.1, -0.05) is 0 Å². The van der Waals surface area contributed by atoms with E-state index in [1.807, 2.05) is 0 Å². The van der Waals surface area contributed by atoms with Crippen molar-refractivity contribution in [3.63, 3.8) is 0 Å². The largest absolute Gasteiger partial charge is 0.472 e. The molecule has 3 aromatic rings. The Morgan fingerprint density at radius 2 is 1.71 bits per heavy atom. The van der Waals surface area contributed by atoms with Crippen LogP contribution in [0.2, 0.25) is 0 Å². The van der Waals surface area contributed by atoms with Gasteiger partial charge in [0.2, 0.25) is 0 Å². The molecule has 3 N–H and O–H groups in total. The van der Waals surface area contributed by atoms with Gasteiger partial charge in [0, 0.05) is 39.6 Å². The molecule has 0 spiro atoms. The van der Waals surface area contributed by atoms with E-state index in [0.717, 1.165) is 4.57 Å². The fourth-order valence-electron chi connectivity index (χ4n) is 5.17. The zero-order valence-corrected chi connectivity index (χ0v) is 31.6. The summed E-state index contributed by atoms with van der Waals surface area (Å²) in [5.41, 5.74) is 2.18. The van der Waals surface area contributed by atoms with Gasteiger partial charge in [0.1, 0.15) is 36.4 Å². The number of imidazole rings is 1. The topological polar surface area (TPSA) is 239 Å². The number of hydrogen-bond donors (Lipinski definition) is 3. The molecule has 1 aliphatic heterocycles. The van der Waals surface area contributed by atoms with Gasteiger partial charge in [0.05, 0.1) is 57.8 Å². The van der Waals surface area contributed by atoms with Gasteiger partial charge in [-0.05, 0) is 38.1 Å². The Morgan fingerprint density at radius 3 is 2.39 bits per heavy atom. The van der Waals surface area contributed by atoms with Crippen molar-refractivity contribution in [2.24, 2.45) is 0 Å². The molecule has 23 heteroatoms. The van der Waals surface area contributed by atoms with Crippen molar-refractivity contribution in [1.29, 1.82) is 0 Å². The van der Waals surface area contributed by atoms with E-state index in [-0.39, 0.29) is 26.2 Å². The number of aryl methyl sites for hydroxylation is 3. The SMILES string of the molecule is COCCO[C@@H](C[C@@H](COP(=O)(O)OC1[C@@H](COP(O)(O)=S)O[C@@H](n2cc(C)c(C)nc2=O)[C@H]1OCCOC)OC)n1cnc2c(C)ncnc21. The summed E-state index contributed by atoms with van der Waals surface area (Å²) in [6.45, 7) is 0.495. The maximum atomic E-state index is 13.6. The van der Waals surface area contributed by atoms with Gasteiger partial charge in [-0.25, -0.2) is 24.3 Å². The van der Waals surface area contributed by atoms with Crippen LogP contribution in [0.4, 0.5) is 0 Å². The molecule has 51 heavy (non-hydrogen) atoms. The van der Waals surface area contributed by atoms with Crippen LogP contribution in [0.15, 0.2) is 23.6 Å². The highest BCUT2D eigenvalue weighted by molar-refractivity contribution is 8.06. The van der Waals surface area contributed by atoms with E-state index in [0.29, 0.717) is 34.7 Å². The average Bonchev–Trinajstić information content (AvgIpc) is 3.65. The third-order valence-electron chi connectivity index (χ3n) is 7.88. The molecular formula is C28H44N6O14P2S. The Kier molecular flexibility index (Phi) is 15.3. The summed E-state index contributed by atoms with van der Waals surface area (Å²) in [6.07, 6.45) is -2.25. The fourth-order valence-corrected chi connectivity index (χ4v) is 6.67. The quantitative estimate of drug-likeness (QED) is 0.102. The minimum atomic E-state index is -4.98. The van der Waals surface area contributed by atoms with Crippen LogP contribution in [0, 0.1) is 20.8 Å². The van der Waals surface area contributed by atoms with Gasteiger partial charge in [0.25, 0.3) is 0 Å². The van der Waals surface area contributed by atoms with Crippen molar-refractivity contribution < 1.29 is 61.2 Å². The molecule has 0 amide bonds. The minimum Gasteiger partial charge on any atom is -0.382 e. The molecule has 0 aromatic carbocycles. The zero-order chi connectivity index (χ0) is 37.3. The molecule has 4 rings (SSSR count). The maximum Gasteiger partial charge on any atom is 0.472 e. The molecule has 3 aromatic heterocycles. The van der Waals surface area contributed by atoms with E-state index in [1.54, 1.807) is 31.7 Å². The zero-order valence-electron chi connectivity index (χ0n) is 29.0. The smallest absolute Gasteiger partial charge is 0.382 e. The predicted octanol–water partition coefficient (Wildman–Crippen LogP) is 1.23. The van der Waals surface area contributed by atoms with Crippen LogP contribution in [0.1, 0.15) is 35.8 Å². The second kappa shape index (κ2) is 18.7. The monoisotopic (exact) mass is 782 g/mol. The number of phosphoric ester groups is 1. The molecule has 4 heterocycles. The first-order chi connectivity index (χ1) is 24.2. The van der Waals surface area contributed by atoms with Crippen molar-refractivity contribution >= 4 is 37.5 Å². The number of methoxy groups -OCH3 is 3. The number of rotatable bonds is 21. The van der Waals surface area contributed by atoms with E-state index >= 15 is 0 Å². The van der Waals surface area contributed by atoms with E-state index in [4.69, 9.17) is 42.0 Å². The van der Waals surface area contributed by atoms with Crippen molar-refractivity contribution in [1.82, 2.24) is 29.1 Å². The summed E-state index contributed by atoms with van der Waals surface area (Å²) in [4.78, 5) is 60.4. The molecule has 286 valence electrons. The van der Waals surface area contributed by atoms with Crippen LogP contribution in [-0.4, -0.2) is 129 Å². The Labute approximate surface area is 298 Å². The molecule has 2 unspecified atom stereocenters. The van der Waals surface area contributed by atoms with Crippen molar-refractivity contribution in [3.05, 3.63) is 46.3 Å². The third kappa shape index (κ3) is 11.4. The van der Waals surface area contributed by atoms with E-state index in [2.05, 4.69) is 31.7 Å². The van der Waals surface area contributed by atoms with Gasteiger partial charge in [-0.15, -0.1) is 0 Å². The van der Waals surface area contributed by atoms with Gasteiger partial charge in [-0.3, -0.25) is 18.2 Å². The Balaban J connectivity index is 1.56. The lowest BCUT2D eigenvalue weighted by molar-refractivity contribution is -0.0823. The van der Waals surface area contributed by atoms with E-state index in [1.165, 1.54) is 33.9 Å². The number of hydrogen-bond acceptors (Lipinski definition) is 16. The standard InChI is InChI=1S/C28H44N6O14P2S/c1-17-12-33(28(35)32-18(17)2)27-25(44-10-8-41-5)24(21(47-27)14-46-50(38,39)51)48-49(36,37)45-13-20(42-6)11-22(43-9-7-40-4)34-16-31-23-19(3)29-15-30-26(23)34/h12,15-16,20-22,24-25,27H,7-11,13-14H2,1-6H3,(H,36,37)(H2,38,39,51)/t20-,21+,22-,24?,25-,27+/m0/s1. The van der Waals surface area contributed by atoms with Gasteiger partial charge in [0.15, 0.2) is 11.9 Å². The van der Waals surface area contributed by atoms with Gasteiger partial charge < -0.3 is 47.6 Å². The Morgan fingerprint density at radius 1 is 0.980 bits per heavy atom. The molecule has 1 fully saturated rings. The lowest BCUT2D eigenvalue weighted by atomic mass is 10.1. The molecular weight excluding hydrogens is 738 g/mol. The lowest BCUT2D eigenvalue weighted by Crippen LogP contribution is -2.40. The molecule has 0 saturated carbocycles. The summed E-state index contributed by atoms with van der Waals surface area (Å²) < 4.78 is 66.4. The molecule has 1 aliphatic rings. The Hall–Kier alpha value is -2.17. The number of ether oxygens (including phenoxy) is 6. The van der Waals surface area contributed by atoms with Crippen LogP contribution in [0.3, 0.4) is 0 Å². The molecule has 0 radical (unpaired) electrons. The van der Waals surface area contributed by atoms with Crippen LogP contribution in [0.25, 0.3) is 11.2 Å². The van der Waals surface area contributed by atoms with Crippen molar-refractivity contribution in [3.8, 4) is 0 Å².